The van der Waals surface area contributed by atoms with E-state index in [4.69, 9.17) is 9.84 Å². The topological polar surface area (TPSA) is 59.4 Å². The summed E-state index contributed by atoms with van der Waals surface area (Å²) >= 11 is 0. The van der Waals surface area contributed by atoms with Crippen LogP contribution in [0.1, 0.15) is 30.1 Å². The summed E-state index contributed by atoms with van der Waals surface area (Å²) < 4.78 is 5.50. The molecule has 0 bridgehead atoms. The number of hydrogen-bond donors (Lipinski definition) is 1. The summed E-state index contributed by atoms with van der Waals surface area (Å²) in [4.78, 5) is 14.5. The molecule has 0 atom stereocenters. The summed E-state index contributed by atoms with van der Waals surface area (Å²) in [6.07, 6.45) is 5.21. The average molecular weight is 207 g/mol. The second kappa shape index (κ2) is 3.53. The number of aromatic nitrogens is 1. The molecule has 0 spiro atoms. The van der Waals surface area contributed by atoms with Crippen molar-refractivity contribution in [1.82, 2.24) is 4.98 Å². The maximum atomic E-state index is 10.7. The van der Waals surface area contributed by atoms with Crippen molar-refractivity contribution in [2.24, 2.45) is 5.41 Å². The van der Waals surface area contributed by atoms with Gasteiger partial charge in [-0.25, -0.2) is 4.79 Å². The normalized spacial score (nSPS) is 17.1. The summed E-state index contributed by atoms with van der Waals surface area (Å²) in [5.74, 6) is -0.450. The fourth-order valence-electron chi connectivity index (χ4n) is 1.23. The van der Waals surface area contributed by atoms with Crippen LogP contribution in [0.4, 0.5) is 0 Å². The van der Waals surface area contributed by atoms with Crippen LogP contribution in [0.5, 0.6) is 5.75 Å². The van der Waals surface area contributed by atoms with Gasteiger partial charge in [-0.15, -0.1) is 0 Å². The van der Waals surface area contributed by atoms with E-state index in [1.165, 1.54) is 31.3 Å². The first-order valence-electron chi connectivity index (χ1n) is 4.90. The molecule has 0 radical (unpaired) electrons. The van der Waals surface area contributed by atoms with Crippen LogP contribution in [-0.4, -0.2) is 22.7 Å². The van der Waals surface area contributed by atoms with Gasteiger partial charge in [-0.05, 0) is 18.9 Å². The first kappa shape index (κ1) is 9.96. The minimum Gasteiger partial charge on any atom is -0.491 e. The maximum absolute atomic E-state index is 10.7. The van der Waals surface area contributed by atoms with Crippen molar-refractivity contribution in [1.29, 1.82) is 0 Å². The van der Waals surface area contributed by atoms with Gasteiger partial charge in [-0.2, -0.15) is 0 Å². The van der Waals surface area contributed by atoms with Gasteiger partial charge in [0.25, 0.3) is 0 Å². The fourth-order valence-corrected chi connectivity index (χ4v) is 1.23. The van der Waals surface area contributed by atoms with Gasteiger partial charge in [-0.1, -0.05) is 6.92 Å². The van der Waals surface area contributed by atoms with Crippen LogP contribution < -0.4 is 4.74 Å². The second-order valence-corrected chi connectivity index (χ2v) is 4.31. The summed E-state index contributed by atoms with van der Waals surface area (Å²) in [5, 5.41) is 8.75. The van der Waals surface area contributed by atoms with E-state index in [1.807, 2.05) is 0 Å². The molecule has 4 heteroatoms. The summed E-state index contributed by atoms with van der Waals surface area (Å²) in [7, 11) is 0. The number of aromatic carboxylic acids is 1. The molecule has 1 N–H and O–H groups in total. The van der Waals surface area contributed by atoms with E-state index in [1.54, 1.807) is 0 Å². The quantitative estimate of drug-likeness (QED) is 0.819. The minimum atomic E-state index is -0.981. The number of carboxylic acids is 1. The van der Waals surface area contributed by atoms with Gasteiger partial charge < -0.3 is 9.84 Å². The number of nitrogens with zero attached hydrogens (tertiary/aromatic N) is 1. The van der Waals surface area contributed by atoms with Crippen LogP contribution in [0.25, 0.3) is 0 Å². The smallest absolute Gasteiger partial charge is 0.337 e. The Morgan fingerprint density at radius 2 is 2.33 bits per heavy atom. The predicted octanol–water partition coefficient (Wildman–Crippen LogP) is 1.96. The largest absolute Gasteiger partial charge is 0.491 e. The molecule has 80 valence electrons. The zero-order valence-electron chi connectivity index (χ0n) is 8.56. The third kappa shape index (κ3) is 2.46. The van der Waals surface area contributed by atoms with Gasteiger partial charge in [0.2, 0.25) is 0 Å². The molecule has 0 amide bonds. The molecule has 1 heterocycles. The third-order valence-electron chi connectivity index (χ3n) is 2.65. The predicted molar refractivity (Wildman–Crippen MR) is 54.0 cm³/mol. The van der Waals surface area contributed by atoms with E-state index in [0.29, 0.717) is 17.8 Å². The molecule has 0 aliphatic heterocycles. The zero-order valence-corrected chi connectivity index (χ0v) is 8.56. The Kier molecular flexibility index (Phi) is 2.34. The van der Waals surface area contributed by atoms with Gasteiger partial charge in [0, 0.05) is 11.6 Å². The van der Waals surface area contributed by atoms with Crippen LogP contribution in [0.2, 0.25) is 0 Å². The van der Waals surface area contributed by atoms with Gasteiger partial charge >= 0.3 is 5.97 Å². The molecular formula is C11H13NO3. The Morgan fingerprint density at radius 1 is 1.60 bits per heavy atom. The highest BCUT2D eigenvalue weighted by Gasteiger charge is 2.38. The van der Waals surface area contributed by atoms with Crippen LogP contribution in [0.15, 0.2) is 18.5 Å². The molecular weight excluding hydrogens is 194 g/mol. The van der Waals surface area contributed by atoms with Gasteiger partial charge in [-0.3, -0.25) is 4.98 Å². The fraction of sp³-hybridized carbons (Fsp3) is 0.455. The molecule has 0 saturated heterocycles. The molecule has 2 rings (SSSR count). The van der Waals surface area contributed by atoms with Crippen molar-refractivity contribution >= 4 is 5.97 Å². The van der Waals surface area contributed by atoms with Crippen molar-refractivity contribution in [2.75, 3.05) is 6.61 Å². The summed E-state index contributed by atoms with van der Waals surface area (Å²) in [6, 6.07) is 1.50. The number of ether oxygens (including phenoxy) is 1. The molecule has 1 fully saturated rings. The summed E-state index contributed by atoms with van der Waals surface area (Å²) in [6.45, 7) is 2.79. The molecule has 15 heavy (non-hydrogen) atoms. The first-order chi connectivity index (χ1) is 7.09. The van der Waals surface area contributed by atoms with Gasteiger partial charge in [0.1, 0.15) is 5.75 Å². The molecule has 0 aromatic carbocycles. The Labute approximate surface area is 87.9 Å². The first-order valence-corrected chi connectivity index (χ1v) is 4.90. The maximum Gasteiger partial charge on any atom is 0.337 e. The number of pyridine rings is 1. The van der Waals surface area contributed by atoms with E-state index in [-0.39, 0.29) is 5.56 Å². The lowest BCUT2D eigenvalue weighted by molar-refractivity contribution is 0.0696. The Balaban J connectivity index is 2.01. The Hall–Kier alpha value is -1.58. The summed E-state index contributed by atoms with van der Waals surface area (Å²) in [5.41, 5.74) is 0.452. The Bertz CT molecular complexity index is 385. The van der Waals surface area contributed by atoms with E-state index in [2.05, 4.69) is 11.9 Å². The minimum absolute atomic E-state index is 0.161. The third-order valence-corrected chi connectivity index (χ3v) is 2.65. The van der Waals surface area contributed by atoms with Gasteiger partial charge in [0.05, 0.1) is 18.4 Å². The highest BCUT2D eigenvalue weighted by molar-refractivity contribution is 5.87. The second-order valence-electron chi connectivity index (χ2n) is 4.31. The van der Waals surface area contributed by atoms with Crippen LogP contribution in [-0.2, 0) is 0 Å². The molecule has 4 nitrogen and oxygen atoms in total. The number of hydrogen-bond acceptors (Lipinski definition) is 3. The van der Waals surface area contributed by atoms with Crippen molar-refractivity contribution in [3.8, 4) is 5.75 Å². The molecule has 1 aliphatic rings. The van der Waals surface area contributed by atoms with Crippen molar-refractivity contribution in [3.63, 3.8) is 0 Å². The number of carboxylic acid groups (broad SMARTS) is 1. The van der Waals surface area contributed by atoms with E-state index in [0.717, 1.165) is 0 Å². The zero-order chi connectivity index (χ0) is 10.9. The molecule has 1 aromatic rings. The standard InChI is InChI=1S/C11H13NO3/c1-11(2-3-11)7-15-9-4-8(10(13)14)5-12-6-9/h4-6H,2-3,7H2,1H3,(H,13,14). The van der Waals surface area contributed by atoms with E-state index < -0.39 is 5.97 Å². The monoisotopic (exact) mass is 207 g/mol. The van der Waals surface area contributed by atoms with Crippen molar-refractivity contribution in [2.45, 2.75) is 19.8 Å². The SMILES string of the molecule is CC1(COc2cncc(C(=O)O)c2)CC1. The lowest BCUT2D eigenvalue weighted by Crippen LogP contribution is -2.09. The van der Waals surface area contributed by atoms with Crippen LogP contribution in [0.3, 0.4) is 0 Å². The van der Waals surface area contributed by atoms with Crippen LogP contribution >= 0.6 is 0 Å². The number of carbonyl (C=O) groups is 1. The molecule has 1 aliphatic carbocycles. The Morgan fingerprint density at radius 3 is 2.93 bits per heavy atom. The highest BCUT2D eigenvalue weighted by atomic mass is 16.5. The van der Waals surface area contributed by atoms with E-state index in [9.17, 15) is 4.79 Å². The number of rotatable bonds is 4. The lowest BCUT2D eigenvalue weighted by atomic mass is 10.2. The van der Waals surface area contributed by atoms with E-state index >= 15 is 0 Å². The van der Waals surface area contributed by atoms with Crippen molar-refractivity contribution < 1.29 is 14.6 Å². The van der Waals surface area contributed by atoms with Crippen LogP contribution in [0, 0.1) is 5.41 Å². The lowest BCUT2D eigenvalue weighted by Gasteiger charge is -2.10. The highest BCUT2D eigenvalue weighted by Crippen LogP contribution is 2.44. The van der Waals surface area contributed by atoms with Crippen molar-refractivity contribution in [3.05, 3.63) is 24.0 Å². The van der Waals surface area contributed by atoms with Gasteiger partial charge in [0.15, 0.2) is 0 Å². The molecule has 1 saturated carbocycles. The molecule has 0 unspecified atom stereocenters. The average Bonchev–Trinajstić information content (AvgIpc) is 2.95. The molecule has 1 aromatic heterocycles.